The smallest absolute Gasteiger partial charge is 0.226 e. The van der Waals surface area contributed by atoms with E-state index in [0.29, 0.717) is 11.9 Å². The van der Waals surface area contributed by atoms with E-state index in [9.17, 15) is 9.59 Å². The summed E-state index contributed by atoms with van der Waals surface area (Å²) in [5.74, 6) is -0.0761. The van der Waals surface area contributed by atoms with Crippen LogP contribution in [0.5, 0.6) is 0 Å². The highest BCUT2D eigenvalue weighted by atomic mass is 16.1. The zero-order valence-corrected chi connectivity index (χ0v) is 13.5. The quantitative estimate of drug-likeness (QED) is 0.786. The molecule has 5 heteroatoms. The number of para-hydroxylation sites is 1. The van der Waals surface area contributed by atoms with Crippen LogP contribution in [0.1, 0.15) is 18.9 Å². The second-order valence-electron chi connectivity index (χ2n) is 5.60. The predicted octanol–water partition coefficient (Wildman–Crippen LogP) is 2.99. The van der Waals surface area contributed by atoms with Crippen LogP contribution in [0.3, 0.4) is 0 Å². The first kappa shape index (κ1) is 15.9. The number of nitrogens with one attached hydrogen (secondary N) is 1. The standard InChI is InChI=1S/C19H19N3O2/c1-2-14-6-5-7-15(12-14)21-19(24)10-11-22-17-9-4-3-8-16(17)18(23)13-20-22/h3-9,12-13H,2,10-11H2,1H3,(H,21,24). The summed E-state index contributed by atoms with van der Waals surface area (Å²) in [6.07, 6.45) is 2.51. The Hall–Kier alpha value is -2.95. The molecule has 1 heterocycles. The lowest BCUT2D eigenvalue weighted by Gasteiger charge is -2.10. The summed E-state index contributed by atoms with van der Waals surface area (Å²) in [4.78, 5) is 24.0. The van der Waals surface area contributed by atoms with Crippen molar-refractivity contribution in [1.82, 2.24) is 9.78 Å². The van der Waals surface area contributed by atoms with Crippen molar-refractivity contribution in [3.8, 4) is 0 Å². The summed E-state index contributed by atoms with van der Waals surface area (Å²) in [5, 5.41) is 7.66. The third kappa shape index (κ3) is 3.51. The fourth-order valence-corrected chi connectivity index (χ4v) is 2.64. The van der Waals surface area contributed by atoms with Crippen molar-refractivity contribution in [2.45, 2.75) is 26.3 Å². The lowest BCUT2D eigenvalue weighted by molar-refractivity contribution is -0.116. The van der Waals surface area contributed by atoms with E-state index in [1.807, 2.05) is 42.5 Å². The largest absolute Gasteiger partial charge is 0.326 e. The Kier molecular flexibility index (Phi) is 4.70. The highest BCUT2D eigenvalue weighted by Gasteiger charge is 2.07. The molecule has 122 valence electrons. The molecule has 0 aliphatic carbocycles. The third-order valence-corrected chi connectivity index (χ3v) is 3.93. The van der Waals surface area contributed by atoms with Gasteiger partial charge in [0.15, 0.2) is 0 Å². The molecular weight excluding hydrogens is 302 g/mol. The molecule has 0 saturated carbocycles. The summed E-state index contributed by atoms with van der Waals surface area (Å²) in [6.45, 7) is 2.49. The number of anilines is 1. The second kappa shape index (κ2) is 7.08. The maximum atomic E-state index is 12.2. The maximum Gasteiger partial charge on any atom is 0.226 e. The van der Waals surface area contributed by atoms with Crippen molar-refractivity contribution in [3.63, 3.8) is 0 Å². The average molecular weight is 321 g/mol. The van der Waals surface area contributed by atoms with Crippen molar-refractivity contribution in [2.75, 3.05) is 5.32 Å². The number of hydrogen-bond acceptors (Lipinski definition) is 3. The van der Waals surface area contributed by atoms with E-state index in [1.165, 1.54) is 11.8 Å². The van der Waals surface area contributed by atoms with Gasteiger partial charge in [-0.1, -0.05) is 31.2 Å². The van der Waals surface area contributed by atoms with Crippen LogP contribution in [0.4, 0.5) is 5.69 Å². The molecule has 0 unspecified atom stereocenters. The van der Waals surface area contributed by atoms with Crippen LogP contribution in [0.15, 0.2) is 59.5 Å². The molecule has 1 aromatic heterocycles. The monoisotopic (exact) mass is 321 g/mol. The molecule has 0 fully saturated rings. The second-order valence-corrected chi connectivity index (χ2v) is 5.60. The van der Waals surface area contributed by atoms with Crippen molar-refractivity contribution < 1.29 is 4.79 Å². The number of amides is 1. The lowest BCUT2D eigenvalue weighted by Crippen LogP contribution is -2.18. The maximum absolute atomic E-state index is 12.2. The van der Waals surface area contributed by atoms with Gasteiger partial charge in [-0.05, 0) is 36.2 Å². The van der Waals surface area contributed by atoms with Gasteiger partial charge in [0.2, 0.25) is 11.3 Å². The fraction of sp³-hybridized carbons (Fsp3) is 0.211. The minimum Gasteiger partial charge on any atom is -0.326 e. The van der Waals surface area contributed by atoms with Crippen molar-refractivity contribution in [3.05, 3.63) is 70.5 Å². The molecule has 0 radical (unpaired) electrons. The van der Waals surface area contributed by atoms with E-state index in [0.717, 1.165) is 17.6 Å². The molecule has 1 N–H and O–H groups in total. The Bertz CT molecular complexity index is 931. The Balaban J connectivity index is 1.70. The number of nitrogens with zero attached hydrogens (tertiary/aromatic N) is 2. The summed E-state index contributed by atoms with van der Waals surface area (Å²) in [7, 11) is 0. The SMILES string of the molecule is CCc1cccc(NC(=O)CCn2ncc(=O)c3ccccc32)c1. The number of aryl methyl sites for hydroxylation is 2. The molecule has 3 aromatic rings. The van der Waals surface area contributed by atoms with E-state index in [4.69, 9.17) is 0 Å². The van der Waals surface area contributed by atoms with Gasteiger partial charge < -0.3 is 5.32 Å². The third-order valence-electron chi connectivity index (χ3n) is 3.93. The first-order valence-electron chi connectivity index (χ1n) is 8.01. The van der Waals surface area contributed by atoms with Crippen LogP contribution < -0.4 is 10.7 Å². The highest BCUT2D eigenvalue weighted by Crippen LogP contribution is 2.12. The minimum absolute atomic E-state index is 0.0761. The van der Waals surface area contributed by atoms with E-state index < -0.39 is 0 Å². The summed E-state index contributed by atoms with van der Waals surface area (Å²) < 4.78 is 1.69. The van der Waals surface area contributed by atoms with Crippen molar-refractivity contribution >= 4 is 22.5 Å². The van der Waals surface area contributed by atoms with Crippen molar-refractivity contribution in [2.24, 2.45) is 0 Å². The molecule has 0 aliphatic heterocycles. The molecule has 24 heavy (non-hydrogen) atoms. The van der Waals surface area contributed by atoms with Crippen LogP contribution in [0.25, 0.3) is 10.9 Å². The number of aromatic nitrogens is 2. The first-order valence-corrected chi connectivity index (χ1v) is 8.01. The van der Waals surface area contributed by atoms with E-state index in [1.54, 1.807) is 10.7 Å². The molecule has 0 spiro atoms. The Morgan fingerprint density at radius 3 is 2.83 bits per heavy atom. The summed E-state index contributed by atoms with van der Waals surface area (Å²) in [6, 6.07) is 15.1. The van der Waals surface area contributed by atoms with E-state index in [2.05, 4.69) is 17.3 Å². The molecule has 5 nitrogen and oxygen atoms in total. The zero-order chi connectivity index (χ0) is 16.9. The van der Waals surface area contributed by atoms with Gasteiger partial charge in [0.05, 0.1) is 18.3 Å². The number of fused-ring (bicyclic) bond motifs is 1. The highest BCUT2D eigenvalue weighted by molar-refractivity contribution is 5.90. The molecule has 0 saturated heterocycles. The van der Waals surface area contributed by atoms with Gasteiger partial charge >= 0.3 is 0 Å². The summed E-state index contributed by atoms with van der Waals surface area (Å²) in [5.41, 5.74) is 2.62. The average Bonchev–Trinajstić information content (AvgIpc) is 2.61. The lowest BCUT2D eigenvalue weighted by atomic mass is 10.1. The van der Waals surface area contributed by atoms with E-state index in [-0.39, 0.29) is 17.8 Å². The van der Waals surface area contributed by atoms with E-state index >= 15 is 0 Å². The number of carbonyl (C=O) groups is 1. The van der Waals surface area contributed by atoms with Crippen LogP contribution in [-0.2, 0) is 17.8 Å². The molecular formula is C19H19N3O2. The van der Waals surface area contributed by atoms with Crippen LogP contribution >= 0.6 is 0 Å². The Morgan fingerprint density at radius 1 is 1.17 bits per heavy atom. The fourth-order valence-electron chi connectivity index (χ4n) is 2.64. The van der Waals surface area contributed by atoms with Crippen LogP contribution in [0, 0.1) is 0 Å². The summed E-state index contributed by atoms with van der Waals surface area (Å²) >= 11 is 0. The van der Waals surface area contributed by atoms with Gasteiger partial charge in [-0.3, -0.25) is 14.3 Å². The van der Waals surface area contributed by atoms with Gasteiger partial charge in [-0.15, -0.1) is 0 Å². The molecule has 1 amide bonds. The Labute approximate surface area is 139 Å². The molecule has 0 bridgehead atoms. The number of benzene rings is 2. The van der Waals surface area contributed by atoms with Gasteiger partial charge in [-0.2, -0.15) is 5.10 Å². The van der Waals surface area contributed by atoms with Gasteiger partial charge in [0.1, 0.15) is 0 Å². The van der Waals surface area contributed by atoms with Crippen LogP contribution in [0.2, 0.25) is 0 Å². The van der Waals surface area contributed by atoms with Gasteiger partial charge in [0.25, 0.3) is 0 Å². The topological polar surface area (TPSA) is 64.0 Å². The Morgan fingerprint density at radius 2 is 2.00 bits per heavy atom. The van der Waals surface area contributed by atoms with Gasteiger partial charge in [0, 0.05) is 17.5 Å². The predicted molar refractivity (Wildman–Crippen MR) is 95.1 cm³/mol. The molecule has 3 rings (SSSR count). The van der Waals surface area contributed by atoms with Gasteiger partial charge in [-0.25, -0.2) is 0 Å². The number of carbonyl (C=O) groups excluding carboxylic acids is 1. The van der Waals surface area contributed by atoms with Crippen LogP contribution in [-0.4, -0.2) is 15.7 Å². The molecule has 2 aromatic carbocycles. The zero-order valence-electron chi connectivity index (χ0n) is 13.5. The number of hydrogen-bond donors (Lipinski definition) is 1. The molecule has 0 aliphatic rings. The number of rotatable bonds is 5. The normalized spacial score (nSPS) is 10.7. The minimum atomic E-state index is -0.109. The molecule has 0 atom stereocenters. The first-order chi connectivity index (χ1) is 11.7. The van der Waals surface area contributed by atoms with Crippen molar-refractivity contribution in [1.29, 1.82) is 0 Å².